The first-order valence-electron chi connectivity index (χ1n) is 9.09. The first-order chi connectivity index (χ1) is 12.8. The van der Waals surface area contributed by atoms with Crippen LogP contribution in [-0.2, 0) is 22.6 Å². The van der Waals surface area contributed by atoms with Gasteiger partial charge in [-0.2, -0.15) is 0 Å². The van der Waals surface area contributed by atoms with E-state index in [9.17, 15) is 4.79 Å². The lowest BCUT2D eigenvalue weighted by Gasteiger charge is -2.26. The Hall–Kier alpha value is -2.28. The number of ether oxygens (including phenoxy) is 1. The van der Waals surface area contributed by atoms with Gasteiger partial charge in [0.2, 0.25) is 5.91 Å². The Morgan fingerprint density at radius 1 is 1.12 bits per heavy atom. The van der Waals surface area contributed by atoms with Gasteiger partial charge in [-0.05, 0) is 29.8 Å². The summed E-state index contributed by atoms with van der Waals surface area (Å²) in [5, 5.41) is 6.37. The Morgan fingerprint density at radius 3 is 2.81 bits per heavy atom. The largest absolute Gasteiger partial charge is 0.379 e. The molecule has 1 fully saturated rings. The molecule has 0 spiro atoms. The molecule has 1 aliphatic rings. The number of rotatable bonds is 8. The van der Waals surface area contributed by atoms with Crippen molar-refractivity contribution in [3.8, 4) is 0 Å². The molecule has 1 aromatic carbocycles. The maximum atomic E-state index is 12.2. The fourth-order valence-electron chi connectivity index (χ4n) is 2.90. The van der Waals surface area contributed by atoms with E-state index in [-0.39, 0.29) is 5.91 Å². The SMILES string of the molecule is O=C(CCN1CCOCC1)Nc1cccc(CNCc2ccccn2)c1. The van der Waals surface area contributed by atoms with Crippen molar-refractivity contribution in [2.75, 3.05) is 38.2 Å². The molecule has 0 radical (unpaired) electrons. The molecule has 1 amide bonds. The second-order valence-electron chi connectivity index (χ2n) is 6.38. The Labute approximate surface area is 154 Å². The number of aromatic nitrogens is 1. The first kappa shape index (κ1) is 18.5. The van der Waals surface area contributed by atoms with Crippen LogP contribution in [0.5, 0.6) is 0 Å². The first-order valence-corrected chi connectivity index (χ1v) is 9.09. The van der Waals surface area contributed by atoms with E-state index in [4.69, 9.17) is 4.74 Å². The highest BCUT2D eigenvalue weighted by molar-refractivity contribution is 5.90. The second kappa shape index (κ2) is 10.0. The molecule has 0 unspecified atom stereocenters. The molecule has 2 N–H and O–H groups in total. The number of anilines is 1. The lowest BCUT2D eigenvalue weighted by Crippen LogP contribution is -2.38. The Kier molecular flexibility index (Phi) is 7.13. The zero-order valence-corrected chi connectivity index (χ0v) is 15.0. The van der Waals surface area contributed by atoms with Crippen LogP contribution in [0.25, 0.3) is 0 Å². The molecule has 2 heterocycles. The monoisotopic (exact) mass is 354 g/mol. The predicted octanol–water partition coefficient (Wildman–Crippen LogP) is 2.03. The highest BCUT2D eigenvalue weighted by Crippen LogP contribution is 2.11. The summed E-state index contributed by atoms with van der Waals surface area (Å²) >= 11 is 0. The van der Waals surface area contributed by atoms with Gasteiger partial charge >= 0.3 is 0 Å². The topological polar surface area (TPSA) is 66.5 Å². The number of amides is 1. The van der Waals surface area contributed by atoms with Crippen molar-refractivity contribution in [1.29, 1.82) is 0 Å². The zero-order valence-electron chi connectivity index (χ0n) is 15.0. The molecule has 1 aliphatic heterocycles. The number of nitrogens with one attached hydrogen (secondary N) is 2. The Morgan fingerprint density at radius 2 is 2.00 bits per heavy atom. The third kappa shape index (κ3) is 6.22. The van der Waals surface area contributed by atoms with Crippen LogP contribution in [0, 0.1) is 0 Å². The van der Waals surface area contributed by atoms with Crippen LogP contribution < -0.4 is 10.6 Å². The second-order valence-corrected chi connectivity index (χ2v) is 6.38. The average molecular weight is 354 g/mol. The van der Waals surface area contributed by atoms with Gasteiger partial charge in [-0.1, -0.05) is 18.2 Å². The van der Waals surface area contributed by atoms with E-state index in [1.165, 1.54) is 0 Å². The van der Waals surface area contributed by atoms with Crippen molar-refractivity contribution in [2.45, 2.75) is 19.5 Å². The maximum absolute atomic E-state index is 12.2. The normalized spacial score (nSPS) is 14.9. The Balaban J connectivity index is 1.42. The third-order valence-electron chi connectivity index (χ3n) is 4.33. The van der Waals surface area contributed by atoms with E-state index in [0.29, 0.717) is 6.42 Å². The van der Waals surface area contributed by atoms with Crippen molar-refractivity contribution >= 4 is 11.6 Å². The van der Waals surface area contributed by atoms with Crippen LogP contribution in [0.15, 0.2) is 48.7 Å². The van der Waals surface area contributed by atoms with Crippen molar-refractivity contribution < 1.29 is 9.53 Å². The lowest BCUT2D eigenvalue weighted by molar-refractivity contribution is -0.116. The quantitative estimate of drug-likeness (QED) is 0.759. The van der Waals surface area contributed by atoms with Crippen molar-refractivity contribution in [3.05, 3.63) is 59.9 Å². The molecule has 0 saturated carbocycles. The van der Waals surface area contributed by atoms with Crippen LogP contribution >= 0.6 is 0 Å². The van der Waals surface area contributed by atoms with Gasteiger partial charge in [-0.15, -0.1) is 0 Å². The van der Waals surface area contributed by atoms with Gasteiger partial charge in [-0.25, -0.2) is 0 Å². The van der Waals surface area contributed by atoms with Crippen LogP contribution in [0.1, 0.15) is 17.7 Å². The minimum atomic E-state index is 0.0510. The van der Waals surface area contributed by atoms with E-state index >= 15 is 0 Å². The molecular formula is C20H26N4O2. The van der Waals surface area contributed by atoms with E-state index in [1.54, 1.807) is 6.20 Å². The van der Waals surface area contributed by atoms with Gasteiger partial charge in [-0.3, -0.25) is 14.7 Å². The van der Waals surface area contributed by atoms with Crippen molar-refractivity contribution in [1.82, 2.24) is 15.2 Å². The minimum absolute atomic E-state index is 0.0510. The molecule has 26 heavy (non-hydrogen) atoms. The van der Waals surface area contributed by atoms with Gasteiger partial charge in [0.05, 0.1) is 18.9 Å². The van der Waals surface area contributed by atoms with Gasteiger partial charge in [0.1, 0.15) is 0 Å². The lowest BCUT2D eigenvalue weighted by atomic mass is 10.2. The summed E-state index contributed by atoms with van der Waals surface area (Å²) in [7, 11) is 0. The van der Waals surface area contributed by atoms with E-state index in [0.717, 1.165) is 62.9 Å². The predicted molar refractivity (Wildman–Crippen MR) is 102 cm³/mol. The fraction of sp³-hybridized carbons (Fsp3) is 0.400. The zero-order chi connectivity index (χ0) is 18.0. The highest BCUT2D eigenvalue weighted by Gasteiger charge is 2.12. The van der Waals surface area contributed by atoms with Crippen molar-refractivity contribution in [3.63, 3.8) is 0 Å². The number of carbonyl (C=O) groups excluding carboxylic acids is 1. The molecular weight excluding hydrogens is 328 g/mol. The molecule has 1 aromatic heterocycles. The van der Waals surface area contributed by atoms with Gasteiger partial charge in [0.15, 0.2) is 0 Å². The van der Waals surface area contributed by atoms with E-state index < -0.39 is 0 Å². The van der Waals surface area contributed by atoms with E-state index in [2.05, 4.69) is 26.6 Å². The van der Waals surface area contributed by atoms with Gasteiger partial charge in [0, 0.05) is 51.0 Å². The summed E-state index contributed by atoms with van der Waals surface area (Å²) in [5.74, 6) is 0.0510. The number of benzene rings is 1. The molecule has 6 heteroatoms. The van der Waals surface area contributed by atoms with Crippen molar-refractivity contribution in [2.24, 2.45) is 0 Å². The van der Waals surface area contributed by atoms with Gasteiger partial charge < -0.3 is 15.4 Å². The molecule has 3 rings (SSSR count). The molecule has 6 nitrogen and oxygen atoms in total. The van der Waals surface area contributed by atoms with Crippen LogP contribution in [0.2, 0.25) is 0 Å². The van der Waals surface area contributed by atoms with E-state index in [1.807, 2.05) is 36.4 Å². The summed E-state index contributed by atoms with van der Waals surface area (Å²) in [6.07, 6.45) is 2.30. The minimum Gasteiger partial charge on any atom is -0.379 e. The number of hydrogen-bond donors (Lipinski definition) is 2. The number of pyridine rings is 1. The smallest absolute Gasteiger partial charge is 0.225 e. The van der Waals surface area contributed by atoms with Crippen LogP contribution in [0.3, 0.4) is 0 Å². The number of hydrogen-bond acceptors (Lipinski definition) is 5. The van der Waals surface area contributed by atoms with Gasteiger partial charge in [0.25, 0.3) is 0 Å². The molecule has 0 atom stereocenters. The fourth-order valence-corrected chi connectivity index (χ4v) is 2.90. The molecule has 138 valence electrons. The van der Waals surface area contributed by atoms with Crippen LogP contribution in [0.4, 0.5) is 5.69 Å². The highest BCUT2D eigenvalue weighted by atomic mass is 16.5. The average Bonchev–Trinajstić information content (AvgIpc) is 2.68. The third-order valence-corrected chi connectivity index (χ3v) is 4.33. The molecule has 0 aliphatic carbocycles. The summed E-state index contributed by atoms with van der Waals surface area (Å²) in [5.41, 5.74) is 2.99. The summed E-state index contributed by atoms with van der Waals surface area (Å²) in [6.45, 7) is 5.56. The summed E-state index contributed by atoms with van der Waals surface area (Å²) < 4.78 is 5.32. The molecule has 2 aromatic rings. The molecule has 1 saturated heterocycles. The number of carbonyl (C=O) groups is 1. The summed E-state index contributed by atoms with van der Waals surface area (Å²) in [6, 6.07) is 13.8. The Bertz CT molecular complexity index is 687. The number of morpholine rings is 1. The van der Waals surface area contributed by atoms with Crippen LogP contribution in [-0.4, -0.2) is 48.6 Å². The maximum Gasteiger partial charge on any atom is 0.225 e. The number of nitrogens with zero attached hydrogens (tertiary/aromatic N) is 2. The standard InChI is InChI=1S/C20H26N4O2/c25-20(7-9-24-10-12-26-13-11-24)23-18-6-3-4-17(14-18)15-21-16-19-5-1-2-8-22-19/h1-6,8,14,21H,7,9-13,15-16H2,(H,23,25). The summed E-state index contributed by atoms with van der Waals surface area (Å²) in [4.78, 5) is 18.7. The molecule has 0 bridgehead atoms.